The van der Waals surface area contributed by atoms with Gasteiger partial charge in [0.05, 0.1) is 19.3 Å². The number of halogens is 3. The fourth-order valence-electron chi connectivity index (χ4n) is 6.21. The normalized spacial score (nSPS) is 22.5. The van der Waals surface area contributed by atoms with Gasteiger partial charge in [0, 0.05) is 18.7 Å². The van der Waals surface area contributed by atoms with Crippen molar-refractivity contribution < 1.29 is 27.4 Å². The average molecular weight is 578 g/mol. The molecule has 1 aliphatic heterocycles. The number of hydrogen-bond donors (Lipinski definition) is 0. The van der Waals surface area contributed by atoms with Crippen LogP contribution in [0.4, 0.5) is 13.2 Å². The van der Waals surface area contributed by atoms with E-state index in [0.717, 1.165) is 43.6 Å². The molecule has 0 radical (unpaired) electrons. The summed E-state index contributed by atoms with van der Waals surface area (Å²) in [5.41, 5.74) is 2.79. The highest BCUT2D eigenvalue weighted by molar-refractivity contribution is 5.93. The van der Waals surface area contributed by atoms with E-state index in [1.54, 1.807) is 18.2 Å². The number of alkyl halides is 2. The Kier molecular flexibility index (Phi) is 9.07. The molecule has 1 heterocycles. The van der Waals surface area contributed by atoms with E-state index < -0.39 is 17.5 Å². The molecular weight excluding hydrogens is 539 g/mol. The molecule has 2 atom stereocenters. The Morgan fingerprint density at radius 3 is 2.57 bits per heavy atom. The lowest BCUT2D eigenvalue weighted by atomic mass is 9.86. The summed E-state index contributed by atoms with van der Waals surface area (Å²) < 4.78 is 54.6. The third-order valence-corrected chi connectivity index (χ3v) is 8.57. The number of nitrogens with zero attached hydrogens (tertiary/aromatic N) is 1. The minimum Gasteiger partial charge on any atom is -0.465 e. The summed E-state index contributed by atoms with van der Waals surface area (Å²) in [5.74, 6) is 0.717. The third kappa shape index (κ3) is 6.57. The zero-order valence-electron chi connectivity index (χ0n) is 24.5. The molecule has 0 bridgehead atoms. The predicted octanol–water partition coefficient (Wildman–Crippen LogP) is 7.93. The Labute approximate surface area is 246 Å². The third-order valence-electron chi connectivity index (χ3n) is 8.57. The van der Waals surface area contributed by atoms with Gasteiger partial charge in [0.15, 0.2) is 0 Å². The van der Waals surface area contributed by atoms with Crippen LogP contribution in [0.25, 0.3) is 11.3 Å². The lowest BCUT2D eigenvalue weighted by Crippen LogP contribution is -2.22. The van der Waals surface area contributed by atoms with Crippen molar-refractivity contribution in [3.63, 3.8) is 0 Å². The molecule has 0 saturated carbocycles. The van der Waals surface area contributed by atoms with Crippen molar-refractivity contribution in [1.29, 1.82) is 0 Å². The van der Waals surface area contributed by atoms with Crippen LogP contribution < -0.4 is 4.74 Å². The van der Waals surface area contributed by atoms with Gasteiger partial charge >= 0.3 is 5.97 Å². The fraction of sp³-hybridized carbons (Fsp3) is 0.400. The number of allylic oxidation sites excluding steroid dienone is 1. The summed E-state index contributed by atoms with van der Waals surface area (Å²) in [6, 6.07) is 17.4. The first kappa shape index (κ1) is 29.9. The van der Waals surface area contributed by atoms with E-state index in [0.29, 0.717) is 47.0 Å². The number of benzene rings is 3. The maximum absolute atomic E-state index is 16.2. The zero-order chi connectivity index (χ0) is 29.9. The second-order valence-electron chi connectivity index (χ2n) is 11.7. The number of carbonyl (C=O) groups excluding carboxylic acids is 1. The van der Waals surface area contributed by atoms with Crippen LogP contribution in [0, 0.1) is 11.7 Å². The van der Waals surface area contributed by atoms with Crippen molar-refractivity contribution in [2.45, 2.75) is 51.6 Å². The smallest absolute Gasteiger partial charge is 0.337 e. The van der Waals surface area contributed by atoms with E-state index in [4.69, 9.17) is 9.47 Å². The Morgan fingerprint density at radius 2 is 1.83 bits per heavy atom. The highest BCUT2D eigenvalue weighted by atomic mass is 19.1. The van der Waals surface area contributed by atoms with Gasteiger partial charge in [0.1, 0.15) is 23.0 Å². The molecule has 3 aromatic carbocycles. The number of aryl methyl sites for hydroxylation is 1. The molecule has 2 aliphatic rings. The van der Waals surface area contributed by atoms with E-state index in [1.807, 2.05) is 25.1 Å². The molecule has 5 rings (SSSR count). The first-order valence-electron chi connectivity index (χ1n) is 14.7. The zero-order valence-corrected chi connectivity index (χ0v) is 24.5. The quantitative estimate of drug-likeness (QED) is 0.255. The molecular formula is C35H38F3NO3. The lowest BCUT2D eigenvalue weighted by molar-refractivity contribution is 0.0600. The minimum atomic E-state index is -1.81. The van der Waals surface area contributed by atoms with Gasteiger partial charge in [-0.25, -0.2) is 13.6 Å². The number of carbonyl (C=O) groups is 1. The van der Waals surface area contributed by atoms with Gasteiger partial charge in [-0.05, 0) is 123 Å². The van der Waals surface area contributed by atoms with Crippen molar-refractivity contribution in [1.82, 2.24) is 4.90 Å². The van der Waals surface area contributed by atoms with Crippen LogP contribution in [0.1, 0.15) is 71.3 Å². The van der Waals surface area contributed by atoms with Gasteiger partial charge in [0.2, 0.25) is 0 Å². The molecule has 0 N–H and O–H groups in total. The number of rotatable bonds is 8. The Morgan fingerprint density at radius 1 is 1.07 bits per heavy atom. The van der Waals surface area contributed by atoms with Crippen molar-refractivity contribution in [3.05, 3.63) is 99.9 Å². The van der Waals surface area contributed by atoms with Crippen LogP contribution in [-0.2, 0) is 23.2 Å². The minimum absolute atomic E-state index is 0.0999. The van der Waals surface area contributed by atoms with E-state index in [9.17, 15) is 13.6 Å². The molecule has 4 nitrogen and oxygen atoms in total. The van der Waals surface area contributed by atoms with Gasteiger partial charge in [-0.15, -0.1) is 0 Å². The lowest BCUT2D eigenvalue weighted by Gasteiger charge is -2.24. The van der Waals surface area contributed by atoms with Crippen LogP contribution >= 0.6 is 0 Å². The Hall–Kier alpha value is -3.58. The second-order valence-corrected chi connectivity index (χ2v) is 11.7. The maximum atomic E-state index is 16.2. The van der Waals surface area contributed by atoms with Crippen molar-refractivity contribution in [2.75, 3.05) is 33.4 Å². The van der Waals surface area contributed by atoms with Gasteiger partial charge in [-0.3, -0.25) is 4.39 Å². The first-order chi connectivity index (χ1) is 20.2. The molecule has 0 amide bonds. The standard InChI is InChI=1S/C35H38F3NO3/c1-23-30-12-8-28(37)21-32(30)35(2,38)15-13-26-20-27(34(40)41-3)7-11-31(26)33(23)42-29-9-5-24(6-10-29)19-25-14-18-39(22-25)17-4-16-36/h5-12,20-21,25H,4,13-19,22H2,1-3H3/b33-23-/t25-,35?/m1/s1. The second kappa shape index (κ2) is 12.7. The van der Waals surface area contributed by atoms with Crippen LogP contribution in [0.15, 0.2) is 60.7 Å². The van der Waals surface area contributed by atoms with Crippen LogP contribution in [0.2, 0.25) is 0 Å². The molecule has 7 heteroatoms. The summed E-state index contributed by atoms with van der Waals surface area (Å²) >= 11 is 0. The van der Waals surface area contributed by atoms with Crippen LogP contribution in [0.3, 0.4) is 0 Å². The van der Waals surface area contributed by atoms with E-state index in [-0.39, 0.29) is 18.7 Å². The summed E-state index contributed by atoms with van der Waals surface area (Å²) in [7, 11) is 1.33. The Bertz CT molecular complexity index is 1460. The topological polar surface area (TPSA) is 38.8 Å². The van der Waals surface area contributed by atoms with Crippen LogP contribution in [-0.4, -0.2) is 44.3 Å². The van der Waals surface area contributed by atoms with Gasteiger partial charge in [0.25, 0.3) is 0 Å². The molecule has 3 aromatic rings. The number of methoxy groups -OCH3 is 1. The largest absolute Gasteiger partial charge is 0.465 e. The highest BCUT2D eigenvalue weighted by Crippen LogP contribution is 2.42. The van der Waals surface area contributed by atoms with Gasteiger partial charge in [-0.2, -0.15) is 0 Å². The summed E-state index contributed by atoms with van der Waals surface area (Å²) in [6.07, 6.45) is 3.05. The molecule has 0 spiro atoms. The van der Waals surface area contributed by atoms with Crippen molar-refractivity contribution >= 4 is 17.3 Å². The molecule has 222 valence electrons. The number of hydrogen-bond acceptors (Lipinski definition) is 4. The average Bonchev–Trinajstić information content (AvgIpc) is 3.45. The first-order valence-corrected chi connectivity index (χ1v) is 14.7. The van der Waals surface area contributed by atoms with E-state index >= 15 is 4.39 Å². The monoisotopic (exact) mass is 577 g/mol. The predicted molar refractivity (Wildman–Crippen MR) is 159 cm³/mol. The van der Waals surface area contributed by atoms with Gasteiger partial charge in [-0.1, -0.05) is 24.3 Å². The molecule has 0 aromatic heterocycles. The van der Waals surface area contributed by atoms with Gasteiger partial charge < -0.3 is 14.4 Å². The van der Waals surface area contributed by atoms with E-state index in [1.165, 1.54) is 31.7 Å². The highest BCUT2D eigenvalue weighted by Gasteiger charge is 2.33. The van der Waals surface area contributed by atoms with Crippen LogP contribution in [0.5, 0.6) is 5.75 Å². The summed E-state index contributed by atoms with van der Waals surface area (Å²) in [6.45, 7) is 5.87. The number of esters is 1. The number of ether oxygens (including phenoxy) is 2. The Balaban J connectivity index is 1.48. The fourth-order valence-corrected chi connectivity index (χ4v) is 6.21. The molecule has 42 heavy (non-hydrogen) atoms. The molecule has 1 aliphatic carbocycles. The number of likely N-dealkylation sites (tertiary alicyclic amines) is 1. The van der Waals surface area contributed by atoms with Crippen molar-refractivity contribution in [2.24, 2.45) is 5.92 Å². The molecule has 1 unspecified atom stereocenters. The number of fused-ring (bicyclic) bond motifs is 2. The maximum Gasteiger partial charge on any atom is 0.337 e. The molecule has 1 fully saturated rings. The van der Waals surface area contributed by atoms with Crippen molar-refractivity contribution in [3.8, 4) is 5.75 Å². The summed E-state index contributed by atoms with van der Waals surface area (Å²) in [4.78, 5) is 14.7. The molecule has 1 saturated heterocycles. The van der Waals surface area contributed by atoms with E-state index in [2.05, 4.69) is 17.0 Å². The summed E-state index contributed by atoms with van der Waals surface area (Å²) in [5, 5.41) is 0. The SMILES string of the molecule is COC(=O)c1ccc2c(c1)CCC(C)(F)c1cc(F)ccc1/C(C)=C/2Oc1ccc(C[C@H]2CCN(CCCF)C2)cc1.